The van der Waals surface area contributed by atoms with Crippen molar-refractivity contribution < 1.29 is 14.3 Å². The van der Waals surface area contributed by atoms with Crippen LogP contribution < -0.4 is 0 Å². The summed E-state index contributed by atoms with van der Waals surface area (Å²) in [4.78, 5) is 12.1. The van der Waals surface area contributed by atoms with Crippen LogP contribution in [0.3, 0.4) is 0 Å². The number of carboxylic acid groups (broad SMARTS) is 1. The first-order valence-corrected chi connectivity index (χ1v) is 6.40. The van der Waals surface area contributed by atoms with E-state index >= 15 is 0 Å². The number of aliphatic carboxylic acids is 1. The Morgan fingerprint density at radius 1 is 1.05 bits per heavy atom. The Balaban J connectivity index is 2.24. The van der Waals surface area contributed by atoms with Gasteiger partial charge in [-0.2, -0.15) is 0 Å². The minimum Gasteiger partial charge on any atom is -0.477 e. The van der Waals surface area contributed by atoms with Gasteiger partial charge in [-0.15, -0.1) is 0 Å². The van der Waals surface area contributed by atoms with Crippen molar-refractivity contribution in [1.29, 1.82) is 0 Å². The van der Waals surface area contributed by atoms with Crippen LogP contribution in [0.2, 0.25) is 0 Å². The Kier molecular flexibility index (Phi) is 4.36. The number of benzene rings is 2. The van der Waals surface area contributed by atoms with Crippen molar-refractivity contribution in [3.8, 4) is 0 Å². The number of halogens is 1. The summed E-state index contributed by atoms with van der Waals surface area (Å²) in [6.07, 6.45) is 1.59. The van der Waals surface area contributed by atoms with Gasteiger partial charge in [0.25, 0.3) is 0 Å². The Morgan fingerprint density at radius 2 is 1.68 bits per heavy atom. The summed E-state index contributed by atoms with van der Waals surface area (Å²) in [5.41, 5.74) is 0.814. The van der Waals surface area contributed by atoms with Crippen LogP contribution in [0.25, 0.3) is 6.08 Å². The zero-order chi connectivity index (χ0) is 13.7. The molecule has 0 spiro atoms. The lowest BCUT2D eigenvalue weighted by Crippen LogP contribution is -1.96. The SMILES string of the molecule is O=C(O)/C(=C/c1ccccc1)Sc1ccc(F)cc1. The third-order valence-corrected chi connectivity index (χ3v) is 3.37. The molecule has 0 aliphatic carbocycles. The number of thioether (sulfide) groups is 1. The maximum atomic E-state index is 12.8. The van der Waals surface area contributed by atoms with Crippen LogP contribution in [0.15, 0.2) is 64.4 Å². The fourth-order valence-corrected chi connectivity index (χ4v) is 2.27. The van der Waals surface area contributed by atoms with Crippen LogP contribution in [0.4, 0.5) is 4.39 Å². The van der Waals surface area contributed by atoms with Gasteiger partial charge in [-0.3, -0.25) is 0 Å². The molecule has 0 radical (unpaired) electrons. The predicted molar refractivity (Wildman–Crippen MR) is 74.3 cm³/mol. The van der Waals surface area contributed by atoms with E-state index in [2.05, 4.69) is 0 Å². The summed E-state index contributed by atoms with van der Waals surface area (Å²) in [6, 6.07) is 14.9. The molecule has 0 saturated heterocycles. The Hall–Kier alpha value is -2.07. The predicted octanol–water partition coefficient (Wildman–Crippen LogP) is 4.04. The average molecular weight is 274 g/mol. The minimum atomic E-state index is -1.00. The molecule has 0 unspecified atom stereocenters. The van der Waals surface area contributed by atoms with Crippen LogP contribution >= 0.6 is 11.8 Å². The van der Waals surface area contributed by atoms with Gasteiger partial charge < -0.3 is 5.11 Å². The number of carbonyl (C=O) groups is 1. The summed E-state index contributed by atoms with van der Waals surface area (Å²) in [5.74, 6) is -1.34. The van der Waals surface area contributed by atoms with Crippen molar-refractivity contribution in [1.82, 2.24) is 0 Å². The van der Waals surface area contributed by atoms with Gasteiger partial charge in [-0.05, 0) is 35.9 Å². The fraction of sp³-hybridized carbons (Fsp3) is 0. The molecule has 19 heavy (non-hydrogen) atoms. The lowest BCUT2D eigenvalue weighted by Gasteiger charge is -2.03. The third kappa shape index (κ3) is 3.96. The summed E-state index contributed by atoms with van der Waals surface area (Å²) in [7, 11) is 0. The number of carboxylic acids is 1. The lowest BCUT2D eigenvalue weighted by atomic mass is 10.2. The number of hydrogen-bond acceptors (Lipinski definition) is 2. The molecule has 2 nitrogen and oxygen atoms in total. The second-order valence-electron chi connectivity index (χ2n) is 3.78. The van der Waals surface area contributed by atoms with Crippen LogP contribution in [0.1, 0.15) is 5.56 Å². The smallest absolute Gasteiger partial charge is 0.342 e. The van der Waals surface area contributed by atoms with Gasteiger partial charge >= 0.3 is 5.97 Å². The van der Waals surface area contributed by atoms with Gasteiger partial charge in [-0.1, -0.05) is 42.1 Å². The Morgan fingerprint density at radius 3 is 2.26 bits per heavy atom. The first kappa shape index (κ1) is 13.4. The van der Waals surface area contributed by atoms with Crippen molar-refractivity contribution >= 4 is 23.8 Å². The molecule has 0 aromatic heterocycles. The highest BCUT2D eigenvalue weighted by Crippen LogP contribution is 2.28. The van der Waals surface area contributed by atoms with Crippen LogP contribution in [-0.4, -0.2) is 11.1 Å². The van der Waals surface area contributed by atoms with Crippen molar-refractivity contribution in [3.63, 3.8) is 0 Å². The van der Waals surface area contributed by atoms with Gasteiger partial charge in [0, 0.05) is 4.90 Å². The monoisotopic (exact) mass is 274 g/mol. The molecule has 96 valence electrons. The average Bonchev–Trinajstić information content (AvgIpc) is 2.41. The van der Waals surface area contributed by atoms with Gasteiger partial charge in [0.1, 0.15) is 5.82 Å². The number of rotatable bonds is 4. The molecule has 0 bridgehead atoms. The third-order valence-electron chi connectivity index (χ3n) is 2.35. The Bertz CT molecular complexity index is 591. The van der Waals surface area contributed by atoms with Crippen LogP contribution in [-0.2, 0) is 4.79 Å². The summed E-state index contributed by atoms with van der Waals surface area (Å²) < 4.78 is 12.8. The summed E-state index contributed by atoms with van der Waals surface area (Å²) in [5, 5.41) is 9.19. The number of hydrogen-bond donors (Lipinski definition) is 1. The maximum Gasteiger partial charge on any atom is 0.342 e. The first-order valence-electron chi connectivity index (χ1n) is 5.58. The van der Waals surface area contributed by atoms with E-state index in [1.165, 1.54) is 12.1 Å². The van der Waals surface area contributed by atoms with Crippen molar-refractivity contribution in [2.24, 2.45) is 0 Å². The van der Waals surface area contributed by atoms with E-state index in [0.717, 1.165) is 17.3 Å². The van der Waals surface area contributed by atoms with Crippen molar-refractivity contribution in [2.75, 3.05) is 0 Å². The van der Waals surface area contributed by atoms with E-state index in [9.17, 15) is 14.3 Å². The molecule has 1 N–H and O–H groups in total. The van der Waals surface area contributed by atoms with E-state index in [1.807, 2.05) is 30.3 Å². The normalized spacial score (nSPS) is 11.3. The molecule has 0 saturated carbocycles. The molecule has 0 heterocycles. The highest BCUT2D eigenvalue weighted by molar-refractivity contribution is 8.04. The molecular weight excluding hydrogens is 263 g/mol. The van der Waals surface area contributed by atoms with Gasteiger partial charge in [0.2, 0.25) is 0 Å². The summed E-state index contributed by atoms with van der Waals surface area (Å²) >= 11 is 1.10. The highest BCUT2D eigenvalue weighted by atomic mass is 32.2. The van der Waals surface area contributed by atoms with E-state index in [4.69, 9.17) is 0 Å². The topological polar surface area (TPSA) is 37.3 Å². The highest BCUT2D eigenvalue weighted by Gasteiger charge is 2.09. The molecule has 0 fully saturated rings. The Labute approximate surface area is 114 Å². The molecule has 0 atom stereocenters. The molecule has 0 amide bonds. The second-order valence-corrected chi connectivity index (χ2v) is 4.90. The van der Waals surface area contributed by atoms with E-state index in [-0.39, 0.29) is 10.7 Å². The quantitative estimate of drug-likeness (QED) is 0.675. The maximum absolute atomic E-state index is 12.8. The molecule has 2 rings (SSSR count). The van der Waals surface area contributed by atoms with Crippen LogP contribution in [0.5, 0.6) is 0 Å². The van der Waals surface area contributed by atoms with Crippen molar-refractivity contribution in [3.05, 3.63) is 70.9 Å². The first-order chi connectivity index (χ1) is 9.15. The van der Waals surface area contributed by atoms with Crippen molar-refractivity contribution in [2.45, 2.75) is 4.90 Å². The molecule has 0 aliphatic heterocycles. The van der Waals surface area contributed by atoms with E-state index in [1.54, 1.807) is 18.2 Å². The largest absolute Gasteiger partial charge is 0.477 e. The standard InChI is InChI=1S/C15H11FO2S/c16-12-6-8-13(9-7-12)19-14(15(17)18)10-11-4-2-1-3-5-11/h1-10H,(H,17,18)/b14-10-. The second kappa shape index (κ2) is 6.20. The van der Waals surface area contributed by atoms with Gasteiger partial charge in [-0.25, -0.2) is 9.18 Å². The summed E-state index contributed by atoms with van der Waals surface area (Å²) in [6.45, 7) is 0. The van der Waals surface area contributed by atoms with Gasteiger partial charge in [0.05, 0.1) is 4.91 Å². The fourth-order valence-electron chi connectivity index (χ4n) is 1.47. The molecule has 2 aromatic carbocycles. The minimum absolute atomic E-state index is 0.192. The van der Waals surface area contributed by atoms with E-state index in [0.29, 0.717) is 4.90 Å². The molecular formula is C15H11FO2S. The zero-order valence-corrected chi connectivity index (χ0v) is 10.7. The van der Waals surface area contributed by atoms with Crippen LogP contribution in [0, 0.1) is 5.82 Å². The molecule has 2 aromatic rings. The van der Waals surface area contributed by atoms with Gasteiger partial charge in [0.15, 0.2) is 0 Å². The lowest BCUT2D eigenvalue weighted by molar-refractivity contribution is -0.131. The zero-order valence-electron chi connectivity index (χ0n) is 9.92. The molecule has 4 heteroatoms. The molecule has 0 aliphatic rings. The van der Waals surface area contributed by atoms with E-state index < -0.39 is 5.97 Å².